The quantitative estimate of drug-likeness (QED) is 0.552. The van der Waals surface area contributed by atoms with Gasteiger partial charge in [0.25, 0.3) is 0 Å². The Kier molecular flexibility index (Phi) is 1.46. The SMILES string of the molecule is Cc1[c]c(C(F)(F)F)oc1. The molecule has 0 N–H and O–H groups in total. The first kappa shape index (κ1) is 7.18. The van der Waals surface area contributed by atoms with E-state index in [1.54, 1.807) is 0 Å². The summed E-state index contributed by atoms with van der Waals surface area (Å²) in [5.74, 6) is -1.06. The summed E-state index contributed by atoms with van der Waals surface area (Å²) in [6.45, 7) is 1.48. The van der Waals surface area contributed by atoms with Gasteiger partial charge < -0.3 is 4.42 Å². The van der Waals surface area contributed by atoms with Gasteiger partial charge in [-0.25, -0.2) is 0 Å². The Hall–Kier alpha value is -0.930. The zero-order valence-corrected chi connectivity index (χ0v) is 5.12. The van der Waals surface area contributed by atoms with E-state index in [2.05, 4.69) is 4.42 Å². The summed E-state index contributed by atoms with van der Waals surface area (Å²) in [5.41, 5.74) is 0.354. The second kappa shape index (κ2) is 2.04. The van der Waals surface area contributed by atoms with E-state index in [-0.39, 0.29) is 0 Å². The second-order valence-corrected chi connectivity index (χ2v) is 1.87. The van der Waals surface area contributed by atoms with Crippen LogP contribution in [0, 0.1) is 13.0 Å². The van der Waals surface area contributed by atoms with Crippen LogP contribution in [-0.2, 0) is 6.18 Å². The van der Waals surface area contributed by atoms with Crippen LogP contribution in [-0.4, -0.2) is 0 Å². The third kappa shape index (κ3) is 1.32. The zero-order valence-electron chi connectivity index (χ0n) is 5.12. The Balaban J connectivity index is 2.96. The molecule has 1 heterocycles. The Bertz CT molecular complexity index is 223. The van der Waals surface area contributed by atoms with E-state index in [1.807, 2.05) is 6.07 Å². The Labute approximate surface area is 55.5 Å². The van der Waals surface area contributed by atoms with Crippen LogP contribution in [0.4, 0.5) is 13.2 Å². The van der Waals surface area contributed by atoms with Crippen LogP contribution in [0.2, 0.25) is 0 Å². The van der Waals surface area contributed by atoms with Crippen LogP contribution in [0.15, 0.2) is 10.7 Å². The largest absolute Gasteiger partial charge is 0.459 e. The molecule has 0 saturated heterocycles. The summed E-state index contributed by atoms with van der Waals surface area (Å²) in [6, 6.07) is 2.02. The maximum atomic E-state index is 11.7. The zero-order chi connectivity index (χ0) is 7.78. The van der Waals surface area contributed by atoms with Crippen LogP contribution >= 0.6 is 0 Å². The van der Waals surface area contributed by atoms with Crippen molar-refractivity contribution in [3.05, 3.63) is 23.7 Å². The van der Waals surface area contributed by atoms with Gasteiger partial charge in [-0.1, -0.05) is 0 Å². The number of halogens is 3. The maximum Gasteiger partial charge on any atom is 0.450 e. The lowest BCUT2D eigenvalue weighted by molar-refractivity contribution is -0.153. The van der Waals surface area contributed by atoms with E-state index < -0.39 is 11.9 Å². The molecule has 0 atom stereocenters. The van der Waals surface area contributed by atoms with Gasteiger partial charge in [0.2, 0.25) is 5.76 Å². The van der Waals surface area contributed by atoms with E-state index in [0.29, 0.717) is 5.56 Å². The highest BCUT2D eigenvalue weighted by molar-refractivity contribution is 5.10. The van der Waals surface area contributed by atoms with Gasteiger partial charge in [-0.3, -0.25) is 0 Å². The minimum atomic E-state index is -4.41. The molecule has 1 aromatic heterocycles. The van der Waals surface area contributed by atoms with Crippen LogP contribution < -0.4 is 0 Å². The molecule has 0 saturated carbocycles. The maximum absolute atomic E-state index is 11.7. The Morgan fingerprint density at radius 1 is 1.50 bits per heavy atom. The lowest BCUT2D eigenvalue weighted by Gasteiger charge is -1.98. The van der Waals surface area contributed by atoms with Crippen LogP contribution in [0.3, 0.4) is 0 Å². The Morgan fingerprint density at radius 3 is 2.30 bits per heavy atom. The summed E-state index contributed by atoms with van der Waals surface area (Å²) < 4.78 is 39.2. The number of hydrogen-bond acceptors (Lipinski definition) is 1. The standard InChI is InChI=1S/C6H4F3O/c1-4-2-5(10-3-4)6(7,8)9/h3H,1H3. The number of furan rings is 1. The molecule has 0 unspecified atom stereocenters. The van der Waals surface area contributed by atoms with Gasteiger partial charge >= 0.3 is 6.18 Å². The number of hydrogen-bond donors (Lipinski definition) is 0. The molecule has 1 nitrogen and oxygen atoms in total. The van der Waals surface area contributed by atoms with Gasteiger partial charge in [-0.15, -0.1) is 0 Å². The highest BCUT2D eigenvalue weighted by Gasteiger charge is 2.34. The molecular formula is C6H4F3O. The fraction of sp³-hybridized carbons (Fsp3) is 0.333. The molecule has 4 heteroatoms. The molecule has 1 radical (unpaired) electrons. The first-order valence-corrected chi connectivity index (χ1v) is 2.55. The molecule has 1 rings (SSSR count). The molecule has 55 valence electrons. The van der Waals surface area contributed by atoms with Gasteiger partial charge in [0, 0.05) is 6.07 Å². The van der Waals surface area contributed by atoms with Crippen LogP contribution in [0.25, 0.3) is 0 Å². The molecule has 0 aliphatic heterocycles. The summed E-state index contributed by atoms with van der Waals surface area (Å²) in [7, 11) is 0. The average molecular weight is 149 g/mol. The highest BCUT2D eigenvalue weighted by atomic mass is 19.4. The second-order valence-electron chi connectivity index (χ2n) is 1.87. The van der Waals surface area contributed by atoms with Gasteiger partial charge in [-0.05, 0) is 12.5 Å². The van der Waals surface area contributed by atoms with E-state index >= 15 is 0 Å². The van der Waals surface area contributed by atoms with Crippen molar-refractivity contribution in [2.45, 2.75) is 13.1 Å². The lowest BCUT2D eigenvalue weighted by Crippen LogP contribution is -2.02. The molecule has 0 aliphatic carbocycles. The van der Waals surface area contributed by atoms with Crippen molar-refractivity contribution in [1.82, 2.24) is 0 Å². The van der Waals surface area contributed by atoms with Crippen molar-refractivity contribution in [3.8, 4) is 0 Å². The van der Waals surface area contributed by atoms with E-state index in [0.717, 1.165) is 6.26 Å². The predicted octanol–water partition coefficient (Wildman–Crippen LogP) is 2.41. The lowest BCUT2D eigenvalue weighted by atomic mass is 10.3. The third-order valence-electron chi connectivity index (χ3n) is 0.922. The normalized spacial score (nSPS) is 12.0. The number of aryl methyl sites for hydroxylation is 1. The first-order chi connectivity index (χ1) is 4.50. The average Bonchev–Trinajstić information content (AvgIpc) is 2.11. The van der Waals surface area contributed by atoms with Gasteiger partial charge in [0.15, 0.2) is 0 Å². The molecule has 1 aromatic rings. The summed E-state index contributed by atoms with van der Waals surface area (Å²) in [5, 5.41) is 0. The molecule has 0 aromatic carbocycles. The van der Waals surface area contributed by atoms with Crippen molar-refractivity contribution < 1.29 is 17.6 Å². The first-order valence-electron chi connectivity index (χ1n) is 2.55. The number of rotatable bonds is 0. The smallest absolute Gasteiger partial charge is 0.450 e. The minimum absolute atomic E-state index is 0.354. The fourth-order valence-corrected chi connectivity index (χ4v) is 0.523. The third-order valence-corrected chi connectivity index (χ3v) is 0.922. The summed E-state index contributed by atoms with van der Waals surface area (Å²) >= 11 is 0. The van der Waals surface area contributed by atoms with Crippen molar-refractivity contribution in [2.75, 3.05) is 0 Å². The van der Waals surface area contributed by atoms with E-state index in [9.17, 15) is 13.2 Å². The molecule has 0 aliphatic rings. The molecular weight excluding hydrogens is 145 g/mol. The minimum Gasteiger partial charge on any atom is -0.459 e. The van der Waals surface area contributed by atoms with Crippen LogP contribution in [0.1, 0.15) is 11.3 Å². The Morgan fingerprint density at radius 2 is 2.10 bits per heavy atom. The summed E-state index contributed by atoms with van der Waals surface area (Å²) in [6.07, 6.45) is -3.39. The molecule has 0 amide bonds. The number of alkyl halides is 3. The van der Waals surface area contributed by atoms with Gasteiger partial charge in [0.05, 0.1) is 6.26 Å². The highest BCUT2D eigenvalue weighted by Crippen LogP contribution is 2.29. The van der Waals surface area contributed by atoms with Crippen molar-refractivity contribution >= 4 is 0 Å². The van der Waals surface area contributed by atoms with E-state index in [4.69, 9.17) is 0 Å². The van der Waals surface area contributed by atoms with Crippen LogP contribution in [0.5, 0.6) is 0 Å². The molecule has 0 bridgehead atoms. The molecule has 10 heavy (non-hydrogen) atoms. The van der Waals surface area contributed by atoms with Crippen molar-refractivity contribution in [3.63, 3.8) is 0 Å². The summed E-state index contributed by atoms with van der Waals surface area (Å²) in [4.78, 5) is 0. The molecule has 0 spiro atoms. The predicted molar refractivity (Wildman–Crippen MR) is 27.3 cm³/mol. The molecule has 0 fully saturated rings. The van der Waals surface area contributed by atoms with Crippen molar-refractivity contribution in [2.24, 2.45) is 0 Å². The fourth-order valence-electron chi connectivity index (χ4n) is 0.523. The van der Waals surface area contributed by atoms with Gasteiger partial charge in [-0.2, -0.15) is 13.2 Å². The monoisotopic (exact) mass is 149 g/mol. The van der Waals surface area contributed by atoms with Crippen molar-refractivity contribution in [1.29, 1.82) is 0 Å². The van der Waals surface area contributed by atoms with Gasteiger partial charge in [0.1, 0.15) is 0 Å². The van der Waals surface area contributed by atoms with E-state index in [1.165, 1.54) is 6.92 Å². The topological polar surface area (TPSA) is 13.1 Å².